The number of carbonyl (C=O) groups excluding carboxylic acids is 2. The van der Waals surface area contributed by atoms with Crippen molar-refractivity contribution in [1.29, 1.82) is 0 Å². The number of aromatic amines is 1. The number of nitro benzene ring substituents is 1. The minimum Gasteiger partial charge on any atom is -0.267 e. The smallest absolute Gasteiger partial charge is 0.267 e. The lowest BCUT2D eigenvalue weighted by Crippen LogP contribution is -2.42. The van der Waals surface area contributed by atoms with Crippen molar-refractivity contribution in [1.82, 2.24) is 21.0 Å². The number of H-pyrrole nitrogens is 1. The number of aromatic nitrogens is 2. The van der Waals surface area contributed by atoms with Gasteiger partial charge in [-0.3, -0.25) is 35.3 Å². The molecule has 10 nitrogen and oxygen atoms in total. The van der Waals surface area contributed by atoms with Crippen molar-refractivity contribution in [3.05, 3.63) is 79.2 Å². The molecule has 1 aromatic heterocycles. The molecule has 136 valence electrons. The Morgan fingerprint density at radius 2 is 1.74 bits per heavy atom. The molecule has 0 atom stereocenters. The summed E-state index contributed by atoms with van der Waals surface area (Å²) in [7, 11) is 0. The van der Waals surface area contributed by atoms with Crippen molar-refractivity contribution in [3.8, 4) is 0 Å². The zero-order chi connectivity index (χ0) is 19.6. The summed E-state index contributed by atoms with van der Waals surface area (Å²) in [5.74, 6) is -1.65. The van der Waals surface area contributed by atoms with Crippen LogP contribution < -0.4 is 16.4 Å². The molecule has 3 N–H and O–H groups in total. The number of amides is 2. The molecule has 11 heteroatoms. The lowest BCUT2D eigenvalue weighted by Gasteiger charge is -2.09. The van der Waals surface area contributed by atoms with Gasteiger partial charge in [0, 0.05) is 17.5 Å². The maximum absolute atomic E-state index is 12.3. The summed E-state index contributed by atoms with van der Waals surface area (Å²) in [5, 5.41) is 17.2. The third-order valence-corrected chi connectivity index (χ3v) is 3.94. The van der Waals surface area contributed by atoms with Crippen LogP contribution in [0.3, 0.4) is 0 Å². The first kappa shape index (κ1) is 18.0. The summed E-state index contributed by atoms with van der Waals surface area (Å²) >= 11 is 5.88. The highest BCUT2D eigenvalue weighted by Crippen LogP contribution is 2.21. The molecule has 0 unspecified atom stereocenters. The molecule has 1 heterocycles. The predicted molar refractivity (Wildman–Crippen MR) is 95.4 cm³/mol. The number of nitrogens with one attached hydrogen (secondary N) is 3. The standard InChI is InChI=1S/C16H10ClN5O5/c17-12-6-5-8(22(26)27)7-11(12)15(24)20-21-16(25)13-9-3-1-2-4-10(9)14(23)19-18-13/h1-7H,(H,19,23)(H,20,24)(H,21,25). The average molecular weight is 388 g/mol. The quantitative estimate of drug-likeness (QED) is 0.459. The van der Waals surface area contributed by atoms with E-state index in [2.05, 4.69) is 21.0 Å². The fraction of sp³-hybridized carbons (Fsp3) is 0. The van der Waals surface area contributed by atoms with E-state index < -0.39 is 22.3 Å². The van der Waals surface area contributed by atoms with Gasteiger partial charge in [-0.15, -0.1) is 0 Å². The van der Waals surface area contributed by atoms with Crippen molar-refractivity contribution >= 4 is 39.9 Å². The van der Waals surface area contributed by atoms with Crippen LogP contribution in [-0.4, -0.2) is 26.9 Å². The van der Waals surface area contributed by atoms with Gasteiger partial charge in [-0.05, 0) is 12.1 Å². The molecule has 0 aliphatic heterocycles. The highest BCUT2D eigenvalue weighted by atomic mass is 35.5. The molecule has 3 rings (SSSR count). The number of carbonyl (C=O) groups is 2. The summed E-state index contributed by atoms with van der Waals surface area (Å²) < 4.78 is 0. The van der Waals surface area contributed by atoms with Crippen LogP contribution in [0, 0.1) is 10.1 Å². The molecule has 2 aromatic carbocycles. The van der Waals surface area contributed by atoms with Crippen LogP contribution in [0.25, 0.3) is 10.8 Å². The Bertz CT molecular complexity index is 1140. The van der Waals surface area contributed by atoms with Crippen LogP contribution in [0.5, 0.6) is 0 Å². The van der Waals surface area contributed by atoms with E-state index in [1.807, 2.05) is 0 Å². The van der Waals surface area contributed by atoms with E-state index in [0.717, 1.165) is 12.1 Å². The summed E-state index contributed by atoms with van der Waals surface area (Å²) in [6, 6.07) is 9.64. The maximum Gasteiger partial charge on any atom is 0.290 e. The van der Waals surface area contributed by atoms with Gasteiger partial charge in [-0.25, -0.2) is 5.10 Å². The van der Waals surface area contributed by atoms with Crippen molar-refractivity contribution in [2.45, 2.75) is 0 Å². The first-order valence-corrected chi connectivity index (χ1v) is 7.78. The predicted octanol–water partition coefficient (Wildman–Crippen LogP) is 1.56. The average Bonchev–Trinajstić information content (AvgIpc) is 2.66. The molecular weight excluding hydrogens is 378 g/mol. The van der Waals surface area contributed by atoms with Crippen LogP contribution in [0.15, 0.2) is 47.3 Å². The Morgan fingerprint density at radius 1 is 1.07 bits per heavy atom. The third kappa shape index (κ3) is 3.60. The number of nitro groups is 1. The molecule has 0 fully saturated rings. The van der Waals surface area contributed by atoms with Gasteiger partial charge < -0.3 is 0 Å². The molecule has 0 radical (unpaired) electrons. The van der Waals surface area contributed by atoms with Crippen molar-refractivity contribution in [2.24, 2.45) is 0 Å². The van der Waals surface area contributed by atoms with Gasteiger partial charge >= 0.3 is 0 Å². The minimum absolute atomic E-state index is 0.0278. The molecule has 0 saturated heterocycles. The van der Waals surface area contributed by atoms with E-state index in [1.54, 1.807) is 12.1 Å². The van der Waals surface area contributed by atoms with E-state index in [-0.39, 0.29) is 27.4 Å². The highest BCUT2D eigenvalue weighted by Gasteiger charge is 2.18. The van der Waals surface area contributed by atoms with Crippen molar-refractivity contribution < 1.29 is 14.5 Å². The van der Waals surface area contributed by atoms with Gasteiger partial charge in [-0.2, -0.15) is 5.10 Å². The minimum atomic E-state index is -0.856. The number of nitrogens with zero attached hydrogens (tertiary/aromatic N) is 2. The molecule has 0 aliphatic rings. The summed E-state index contributed by atoms with van der Waals surface area (Å²) in [4.78, 5) is 46.4. The highest BCUT2D eigenvalue weighted by molar-refractivity contribution is 6.34. The largest absolute Gasteiger partial charge is 0.290 e. The van der Waals surface area contributed by atoms with E-state index in [0.29, 0.717) is 5.39 Å². The normalized spacial score (nSPS) is 10.4. The lowest BCUT2D eigenvalue weighted by atomic mass is 10.1. The Balaban J connectivity index is 1.82. The van der Waals surface area contributed by atoms with E-state index in [4.69, 9.17) is 11.6 Å². The number of halogens is 1. The van der Waals surface area contributed by atoms with Crippen molar-refractivity contribution in [3.63, 3.8) is 0 Å². The zero-order valence-electron chi connectivity index (χ0n) is 13.4. The molecule has 0 bridgehead atoms. The van der Waals surface area contributed by atoms with E-state index in [1.165, 1.54) is 18.2 Å². The fourth-order valence-corrected chi connectivity index (χ4v) is 2.53. The summed E-state index contributed by atoms with van der Waals surface area (Å²) in [6.45, 7) is 0. The van der Waals surface area contributed by atoms with E-state index in [9.17, 15) is 24.5 Å². The Labute approximate surface area is 155 Å². The molecular formula is C16H10ClN5O5. The summed E-state index contributed by atoms with van der Waals surface area (Å²) in [5.41, 5.74) is 3.14. The number of rotatable bonds is 3. The Kier molecular flexibility index (Phi) is 4.81. The topological polar surface area (TPSA) is 147 Å². The molecule has 0 spiro atoms. The summed E-state index contributed by atoms with van der Waals surface area (Å²) in [6.07, 6.45) is 0. The van der Waals surface area contributed by atoms with Crippen LogP contribution in [0.2, 0.25) is 5.02 Å². The second-order valence-corrected chi connectivity index (χ2v) is 5.68. The fourth-order valence-electron chi connectivity index (χ4n) is 2.33. The monoisotopic (exact) mass is 387 g/mol. The Morgan fingerprint density at radius 3 is 2.44 bits per heavy atom. The van der Waals surface area contributed by atoms with Crippen LogP contribution in [-0.2, 0) is 0 Å². The molecule has 0 aliphatic carbocycles. The molecule has 0 saturated carbocycles. The van der Waals surface area contributed by atoms with Crippen LogP contribution in [0.1, 0.15) is 20.8 Å². The zero-order valence-corrected chi connectivity index (χ0v) is 14.1. The second-order valence-electron chi connectivity index (χ2n) is 5.28. The van der Waals surface area contributed by atoms with Gasteiger partial charge in [0.05, 0.1) is 20.9 Å². The van der Waals surface area contributed by atoms with Gasteiger partial charge in [0.2, 0.25) is 0 Å². The SMILES string of the molecule is O=C(NNC(=O)c1n[nH]c(=O)c2ccccc12)c1cc([N+](=O)[O-])ccc1Cl. The van der Waals surface area contributed by atoms with Gasteiger partial charge in [0.1, 0.15) is 0 Å². The third-order valence-electron chi connectivity index (χ3n) is 3.61. The number of fused-ring (bicyclic) bond motifs is 1. The van der Waals surface area contributed by atoms with Crippen LogP contribution >= 0.6 is 11.6 Å². The van der Waals surface area contributed by atoms with Gasteiger partial charge in [0.25, 0.3) is 23.1 Å². The van der Waals surface area contributed by atoms with Gasteiger partial charge in [-0.1, -0.05) is 29.8 Å². The molecule has 2 amide bonds. The number of hydrogen-bond acceptors (Lipinski definition) is 6. The number of non-ortho nitro benzene ring substituents is 1. The lowest BCUT2D eigenvalue weighted by molar-refractivity contribution is -0.384. The first-order valence-electron chi connectivity index (χ1n) is 7.40. The number of benzene rings is 2. The van der Waals surface area contributed by atoms with Crippen LogP contribution in [0.4, 0.5) is 5.69 Å². The maximum atomic E-state index is 12.3. The van der Waals surface area contributed by atoms with Crippen molar-refractivity contribution in [2.75, 3.05) is 0 Å². The first-order chi connectivity index (χ1) is 12.9. The second kappa shape index (κ2) is 7.22. The van der Waals surface area contributed by atoms with E-state index >= 15 is 0 Å². The number of hydrogen-bond donors (Lipinski definition) is 3. The number of hydrazine groups is 1. The molecule has 27 heavy (non-hydrogen) atoms. The Hall–Kier alpha value is -3.79. The molecule has 3 aromatic rings. The van der Waals surface area contributed by atoms with Gasteiger partial charge in [0.15, 0.2) is 5.69 Å².